The maximum absolute atomic E-state index is 9.92. The molecule has 0 radical (unpaired) electrons. The first-order chi connectivity index (χ1) is 5.69. The molecular formula is C10H13ClO. The number of hydrogen-bond acceptors (Lipinski definition) is 1. The van der Waals surface area contributed by atoms with Crippen molar-refractivity contribution >= 4 is 11.6 Å². The zero-order valence-electron chi connectivity index (χ0n) is 7.02. The van der Waals surface area contributed by atoms with Gasteiger partial charge in [-0.2, -0.15) is 0 Å². The standard InChI is InChI=1S/C10H13ClO/c1-2-3-7-10(12)8-5-4-6-9(10)11/h2,9,12H,1,4-6,8H2/t9-,10-/m0/s1. The van der Waals surface area contributed by atoms with Gasteiger partial charge in [-0.25, -0.2) is 0 Å². The van der Waals surface area contributed by atoms with Crippen molar-refractivity contribution in [3.63, 3.8) is 0 Å². The molecule has 1 aliphatic carbocycles. The summed E-state index contributed by atoms with van der Waals surface area (Å²) >= 11 is 5.97. The van der Waals surface area contributed by atoms with Crippen LogP contribution < -0.4 is 0 Å². The molecule has 1 aliphatic rings. The van der Waals surface area contributed by atoms with Crippen molar-refractivity contribution < 1.29 is 5.11 Å². The Morgan fingerprint density at radius 3 is 2.92 bits per heavy atom. The first kappa shape index (κ1) is 9.64. The van der Waals surface area contributed by atoms with E-state index in [4.69, 9.17) is 11.6 Å². The minimum Gasteiger partial charge on any atom is -0.376 e. The molecule has 2 heteroatoms. The molecule has 12 heavy (non-hydrogen) atoms. The van der Waals surface area contributed by atoms with Gasteiger partial charge in [0.05, 0.1) is 5.38 Å². The molecule has 0 aliphatic heterocycles. The van der Waals surface area contributed by atoms with Gasteiger partial charge >= 0.3 is 0 Å². The molecule has 0 aromatic rings. The Morgan fingerprint density at radius 1 is 1.58 bits per heavy atom. The van der Waals surface area contributed by atoms with E-state index in [2.05, 4.69) is 18.4 Å². The number of hydrogen-bond donors (Lipinski definition) is 1. The highest BCUT2D eigenvalue weighted by Gasteiger charge is 2.35. The van der Waals surface area contributed by atoms with Crippen LogP contribution in [0.15, 0.2) is 12.7 Å². The summed E-state index contributed by atoms with van der Waals surface area (Å²) in [5.74, 6) is 5.42. The van der Waals surface area contributed by atoms with Crippen molar-refractivity contribution in [2.24, 2.45) is 0 Å². The van der Waals surface area contributed by atoms with Gasteiger partial charge in [0.15, 0.2) is 0 Å². The van der Waals surface area contributed by atoms with E-state index >= 15 is 0 Å². The summed E-state index contributed by atoms with van der Waals surface area (Å²) in [5, 5.41) is 9.69. The highest BCUT2D eigenvalue weighted by Crippen LogP contribution is 2.31. The van der Waals surface area contributed by atoms with Crippen LogP contribution in [0.3, 0.4) is 0 Å². The lowest BCUT2D eigenvalue weighted by molar-refractivity contribution is 0.0653. The molecule has 1 saturated carbocycles. The molecule has 1 nitrogen and oxygen atoms in total. The van der Waals surface area contributed by atoms with E-state index in [1.54, 1.807) is 0 Å². The first-order valence-electron chi connectivity index (χ1n) is 4.19. The maximum atomic E-state index is 9.92. The van der Waals surface area contributed by atoms with Crippen LogP contribution in [0.2, 0.25) is 0 Å². The predicted molar refractivity (Wildman–Crippen MR) is 51.0 cm³/mol. The van der Waals surface area contributed by atoms with Gasteiger partial charge in [0.2, 0.25) is 0 Å². The number of halogens is 1. The van der Waals surface area contributed by atoms with Crippen LogP contribution in [0.25, 0.3) is 0 Å². The van der Waals surface area contributed by atoms with E-state index in [1.807, 2.05) is 0 Å². The number of allylic oxidation sites excluding steroid dienone is 1. The molecule has 0 bridgehead atoms. The third-order valence-corrected chi connectivity index (χ3v) is 2.75. The third kappa shape index (κ3) is 2.03. The summed E-state index contributed by atoms with van der Waals surface area (Å²) in [6.45, 7) is 3.47. The zero-order valence-corrected chi connectivity index (χ0v) is 7.77. The van der Waals surface area contributed by atoms with Gasteiger partial charge < -0.3 is 5.11 Å². The van der Waals surface area contributed by atoms with E-state index in [1.165, 1.54) is 6.08 Å². The van der Waals surface area contributed by atoms with Crippen molar-refractivity contribution in [2.45, 2.75) is 36.7 Å². The quantitative estimate of drug-likeness (QED) is 0.452. The lowest BCUT2D eigenvalue weighted by Crippen LogP contribution is -2.40. The average Bonchev–Trinajstić information content (AvgIpc) is 2.07. The molecule has 0 unspecified atom stereocenters. The van der Waals surface area contributed by atoms with Crippen molar-refractivity contribution in [3.05, 3.63) is 12.7 Å². The Bertz CT molecular complexity index is 226. The molecule has 0 heterocycles. The van der Waals surface area contributed by atoms with Gasteiger partial charge in [-0.1, -0.05) is 24.8 Å². The smallest absolute Gasteiger partial charge is 0.142 e. The lowest BCUT2D eigenvalue weighted by atomic mass is 9.85. The maximum Gasteiger partial charge on any atom is 0.142 e. The molecule has 1 fully saturated rings. The van der Waals surface area contributed by atoms with E-state index < -0.39 is 5.60 Å². The third-order valence-electron chi connectivity index (χ3n) is 2.17. The van der Waals surface area contributed by atoms with Crippen LogP contribution in [-0.4, -0.2) is 16.1 Å². The molecule has 1 N–H and O–H groups in total. The normalized spacial score (nSPS) is 35.0. The van der Waals surface area contributed by atoms with Crippen LogP contribution in [0.5, 0.6) is 0 Å². The van der Waals surface area contributed by atoms with Crippen LogP contribution in [-0.2, 0) is 0 Å². The van der Waals surface area contributed by atoms with E-state index in [9.17, 15) is 5.11 Å². The van der Waals surface area contributed by atoms with Gasteiger partial charge in [0, 0.05) is 0 Å². The lowest BCUT2D eigenvalue weighted by Gasteiger charge is -2.31. The van der Waals surface area contributed by atoms with Crippen LogP contribution in [0, 0.1) is 11.8 Å². The second-order valence-corrected chi connectivity index (χ2v) is 3.64. The zero-order chi connectivity index (χ0) is 9.03. The minimum atomic E-state index is -0.978. The summed E-state index contributed by atoms with van der Waals surface area (Å²) in [4.78, 5) is 0. The molecule has 0 amide bonds. The Morgan fingerprint density at radius 2 is 2.33 bits per heavy atom. The largest absolute Gasteiger partial charge is 0.376 e. The average molecular weight is 185 g/mol. The van der Waals surface area contributed by atoms with Gasteiger partial charge in [-0.05, 0) is 25.3 Å². The summed E-state index contributed by atoms with van der Waals surface area (Å²) in [7, 11) is 0. The second kappa shape index (κ2) is 3.98. The van der Waals surface area contributed by atoms with E-state index in [0.717, 1.165) is 19.3 Å². The highest BCUT2D eigenvalue weighted by molar-refractivity contribution is 6.21. The molecule has 1 rings (SSSR count). The monoisotopic (exact) mass is 184 g/mol. The SMILES string of the molecule is C=CC#C[C@]1(O)CCCC[C@@H]1Cl. The van der Waals surface area contributed by atoms with Gasteiger partial charge in [-0.15, -0.1) is 11.6 Å². The van der Waals surface area contributed by atoms with E-state index in [0.29, 0.717) is 6.42 Å². The molecule has 2 atom stereocenters. The van der Waals surface area contributed by atoms with Gasteiger partial charge in [0.1, 0.15) is 5.60 Å². The fourth-order valence-corrected chi connectivity index (χ4v) is 1.75. The minimum absolute atomic E-state index is 0.223. The Balaban J connectivity index is 2.72. The number of alkyl halides is 1. The van der Waals surface area contributed by atoms with E-state index in [-0.39, 0.29) is 5.38 Å². The molecule has 0 spiro atoms. The molecule has 0 aromatic heterocycles. The highest BCUT2D eigenvalue weighted by atomic mass is 35.5. The summed E-state index contributed by atoms with van der Waals surface area (Å²) < 4.78 is 0. The van der Waals surface area contributed by atoms with Gasteiger partial charge in [0.25, 0.3) is 0 Å². The van der Waals surface area contributed by atoms with Crippen LogP contribution >= 0.6 is 11.6 Å². The number of aliphatic hydroxyl groups is 1. The Labute approximate surface area is 78.4 Å². The predicted octanol–water partition coefficient (Wildman–Crippen LogP) is 2.09. The van der Waals surface area contributed by atoms with Crippen molar-refractivity contribution in [1.29, 1.82) is 0 Å². The van der Waals surface area contributed by atoms with Crippen LogP contribution in [0.1, 0.15) is 25.7 Å². The summed E-state index contributed by atoms with van der Waals surface area (Å²) in [5.41, 5.74) is -0.978. The molecule has 0 saturated heterocycles. The first-order valence-corrected chi connectivity index (χ1v) is 4.63. The van der Waals surface area contributed by atoms with Crippen molar-refractivity contribution in [2.75, 3.05) is 0 Å². The van der Waals surface area contributed by atoms with Crippen molar-refractivity contribution in [1.82, 2.24) is 0 Å². The van der Waals surface area contributed by atoms with Crippen molar-refractivity contribution in [3.8, 4) is 11.8 Å². The van der Waals surface area contributed by atoms with Gasteiger partial charge in [-0.3, -0.25) is 0 Å². The Hall–Kier alpha value is -0.450. The molecule has 66 valence electrons. The topological polar surface area (TPSA) is 20.2 Å². The second-order valence-electron chi connectivity index (χ2n) is 3.11. The molecular weight excluding hydrogens is 172 g/mol. The Kier molecular flexibility index (Phi) is 3.20. The fourth-order valence-electron chi connectivity index (χ4n) is 1.43. The fraction of sp³-hybridized carbons (Fsp3) is 0.600. The molecule has 0 aromatic carbocycles. The van der Waals surface area contributed by atoms with Crippen LogP contribution in [0.4, 0.5) is 0 Å². The summed E-state index contributed by atoms with van der Waals surface area (Å²) in [6, 6.07) is 0. The number of rotatable bonds is 0. The summed E-state index contributed by atoms with van der Waals surface area (Å²) in [6.07, 6.45) is 5.11.